The van der Waals surface area contributed by atoms with Crippen LogP contribution in [0.4, 0.5) is 0 Å². The summed E-state index contributed by atoms with van der Waals surface area (Å²) in [4.78, 5) is 11.4. The SMILES string of the molecule is Cc1ccc(C(C(=O)O)C2CCSC2)cc1. The summed E-state index contributed by atoms with van der Waals surface area (Å²) >= 11 is 1.86. The number of aliphatic carboxylic acids is 1. The fourth-order valence-electron chi connectivity index (χ4n) is 2.21. The van der Waals surface area contributed by atoms with Gasteiger partial charge in [0.15, 0.2) is 0 Å². The lowest BCUT2D eigenvalue weighted by molar-refractivity contribution is -0.140. The van der Waals surface area contributed by atoms with E-state index in [1.807, 2.05) is 43.0 Å². The van der Waals surface area contributed by atoms with Crippen LogP contribution in [0.2, 0.25) is 0 Å². The normalized spacial score (nSPS) is 21.9. The van der Waals surface area contributed by atoms with Crippen LogP contribution < -0.4 is 0 Å². The van der Waals surface area contributed by atoms with Crippen LogP contribution in [0.5, 0.6) is 0 Å². The van der Waals surface area contributed by atoms with Crippen LogP contribution in [0.15, 0.2) is 24.3 Å². The summed E-state index contributed by atoms with van der Waals surface area (Å²) < 4.78 is 0. The summed E-state index contributed by atoms with van der Waals surface area (Å²) in [6.07, 6.45) is 1.02. The van der Waals surface area contributed by atoms with Gasteiger partial charge in [0.1, 0.15) is 0 Å². The third-order valence-corrected chi connectivity index (χ3v) is 4.33. The molecule has 2 unspecified atom stereocenters. The molecule has 2 rings (SSSR count). The largest absolute Gasteiger partial charge is 0.481 e. The molecule has 0 saturated carbocycles. The Kier molecular flexibility index (Phi) is 3.54. The molecule has 1 heterocycles. The number of benzene rings is 1. The fourth-order valence-corrected chi connectivity index (χ4v) is 3.50. The first-order chi connectivity index (χ1) is 7.68. The minimum Gasteiger partial charge on any atom is -0.481 e. The summed E-state index contributed by atoms with van der Waals surface area (Å²) in [6.45, 7) is 2.02. The Hall–Kier alpha value is -0.960. The van der Waals surface area contributed by atoms with E-state index in [2.05, 4.69) is 0 Å². The van der Waals surface area contributed by atoms with E-state index in [-0.39, 0.29) is 5.92 Å². The highest BCUT2D eigenvalue weighted by atomic mass is 32.2. The van der Waals surface area contributed by atoms with E-state index >= 15 is 0 Å². The molecule has 3 heteroatoms. The van der Waals surface area contributed by atoms with Gasteiger partial charge in [0.2, 0.25) is 0 Å². The van der Waals surface area contributed by atoms with Crippen molar-refractivity contribution in [2.75, 3.05) is 11.5 Å². The molecule has 1 aliphatic rings. The number of hydrogen-bond acceptors (Lipinski definition) is 2. The molecule has 1 aromatic carbocycles. The Morgan fingerprint density at radius 3 is 2.62 bits per heavy atom. The molecule has 16 heavy (non-hydrogen) atoms. The zero-order valence-electron chi connectivity index (χ0n) is 9.35. The third kappa shape index (κ3) is 2.40. The molecule has 0 aliphatic carbocycles. The first kappa shape index (κ1) is 11.5. The van der Waals surface area contributed by atoms with Gasteiger partial charge in [0.25, 0.3) is 0 Å². The molecule has 1 fully saturated rings. The van der Waals surface area contributed by atoms with Gasteiger partial charge in [-0.1, -0.05) is 29.8 Å². The standard InChI is InChI=1S/C13H16O2S/c1-9-2-4-10(5-3-9)12(13(14)15)11-6-7-16-8-11/h2-5,11-12H,6-8H2,1H3,(H,14,15). The maximum Gasteiger partial charge on any atom is 0.311 e. The summed E-state index contributed by atoms with van der Waals surface area (Å²) in [5.74, 6) is 1.36. The van der Waals surface area contributed by atoms with Crippen LogP contribution in [0.25, 0.3) is 0 Å². The quantitative estimate of drug-likeness (QED) is 0.876. The van der Waals surface area contributed by atoms with Crippen molar-refractivity contribution in [2.45, 2.75) is 19.3 Å². The van der Waals surface area contributed by atoms with Crippen molar-refractivity contribution in [1.82, 2.24) is 0 Å². The molecular formula is C13H16O2S. The number of rotatable bonds is 3. The van der Waals surface area contributed by atoms with Gasteiger partial charge in [-0.15, -0.1) is 0 Å². The minimum atomic E-state index is -0.684. The van der Waals surface area contributed by atoms with Crippen molar-refractivity contribution in [3.8, 4) is 0 Å². The monoisotopic (exact) mass is 236 g/mol. The van der Waals surface area contributed by atoms with Gasteiger partial charge in [0, 0.05) is 0 Å². The Morgan fingerprint density at radius 2 is 2.12 bits per heavy atom. The van der Waals surface area contributed by atoms with Gasteiger partial charge in [0.05, 0.1) is 5.92 Å². The lowest BCUT2D eigenvalue weighted by atomic mass is 9.85. The molecule has 0 bridgehead atoms. The van der Waals surface area contributed by atoms with Crippen LogP contribution in [-0.2, 0) is 4.79 Å². The van der Waals surface area contributed by atoms with Crippen molar-refractivity contribution in [2.24, 2.45) is 5.92 Å². The summed E-state index contributed by atoms with van der Waals surface area (Å²) in [5.41, 5.74) is 2.12. The van der Waals surface area contributed by atoms with E-state index < -0.39 is 5.97 Å². The number of aryl methyl sites for hydroxylation is 1. The van der Waals surface area contributed by atoms with Crippen molar-refractivity contribution in [1.29, 1.82) is 0 Å². The van der Waals surface area contributed by atoms with Crippen LogP contribution in [-0.4, -0.2) is 22.6 Å². The number of hydrogen-bond donors (Lipinski definition) is 1. The molecule has 0 amide bonds. The summed E-state index contributed by atoms with van der Waals surface area (Å²) in [6, 6.07) is 7.90. The van der Waals surface area contributed by atoms with Crippen molar-refractivity contribution in [3.63, 3.8) is 0 Å². The zero-order chi connectivity index (χ0) is 11.5. The van der Waals surface area contributed by atoms with Crippen LogP contribution in [0.3, 0.4) is 0 Å². The van der Waals surface area contributed by atoms with Gasteiger partial charge in [-0.3, -0.25) is 4.79 Å². The van der Waals surface area contributed by atoms with E-state index in [4.69, 9.17) is 0 Å². The van der Waals surface area contributed by atoms with Crippen LogP contribution in [0, 0.1) is 12.8 Å². The molecule has 0 aromatic heterocycles. The molecule has 0 spiro atoms. The van der Waals surface area contributed by atoms with E-state index in [0.717, 1.165) is 23.5 Å². The topological polar surface area (TPSA) is 37.3 Å². The van der Waals surface area contributed by atoms with E-state index in [0.29, 0.717) is 5.92 Å². The van der Waals surface area contributed by atoms with Crippen molar-refractivity contribution in [3.05, 3.63) is 35.4 Å². The van der Waals surface area contributed by atoms with E-state index in [9.17, 15) is 9.90 Å². The lowest BCUT2D eigenvalue weighted by Gasteiger charge is -2.19. The van der Waals surface area contributed by atoms with Crippen LogP contribution in [0.1, 0.15) is 23.5 Å². The number of thioether (sulfide) groups is 1. The molecule has 1 saturated heterocycles. The average molecular weight is 236 g/mol. The summed E-state index contributed by atoms with van der Waals surface area (Å²) in [7, 11) is 0. The predicted octanol–water partition coefficient (Wildman–Crippen LogP) is 2.92. The minimum absolute atomic E-state index is 0.296. The molecule has 1 N–H and O–H groups in total. The molecule has 86 valence electrons. The maximum absolute atomic E-state index is 11.4. The number of carbonyl (C=O) groups is 1. The second-order valence-electron chi connectivity index (χ2n) is 4.35. The van der Waals surface area contributed by atoms with Gasteiger partial charge >= 0.3 is 5.97 Å². The first-order valence-electron chi connectivity index (χ1n) is 5.55. The maximum atomic E-state index is 11.4. The molecule has 0 radical (unpaired) electrons. The Labute approximate surface area is 100 Å². The number of carboxylic acid groups (broad SMARTS) is 1. The van der Waals surface area contributed by atoms with Gasteiger partial charge < -0.3 is 5.11 Å². The highest BCUT2D eigenvalue weighted by Gasteiger charge is 2.31. The molecule has 2 nitrogen and oxygen atoms in total. The average Bonchev–Trinajstić information content (AvgIpc) is 2.74. The smallest absolute Gasteiger partial charge is 0.311 e. The van der Waals surface area contributed by atoms with Gasteiger partial charge in [-0.05, 0) is 36.3 Å². The van der Waals surface area contributed by atoms with E-state index in [1.165, 1.54) is 5.56 Å². The zero-order valence-corrected chi connectivity index (χ0v) is 10.2. The van der Waals surface area contributed by atoms with Crippen molar-refractivity contribution >= 4 is 17.7 Å². The van der Waals surface area contributed by atoms with Crippen LogP contribution >= 0.6 is 11.8 Å². The Bertz CT molecular complexity index is 366. The molecular weight excluding hydrogens is 220 g/mol. The number of carboxylic acids is 1. The highest BCUT2D eigenvalue weighted by Crippen LogP contribution is 2.36. The highest BCUT2D eigenvalue weighted by molar-refractivity contribution is 7.99. The third-order valence-electron chi connectivity index (χ3n) is 3.14. The molecule has 2 atom stereocenters. The Morgan fingerprint density at radius 1 is 1.44 bits per heavy atom. The lowest BCUT2D eigenvalue weighted by Crippen LogP contribution is -2.21. The molecule has 1 aromatic rings. The Balaban J connectivity index is 2.24. The fraction of sp³-hybridized carbons (Fsp3) is 0.462. The predicted molar refractivity (Wildman–Crippen MR) is 67.0 cm³/mol. The van der Waals surface area contributed by atoms with Gasteiger partial charge in [-0.25, -0.2) is 0 Å². The first-order valence-corrected chi connectivity index (χ1v) is 6.71. The second-order valence-corrected chi connectivity index (χ2v) is 5.50. The van der Waals surface area contributed by atoms with E-state index in [1.54, 1.807) is 0 Å². The second kappa shape index (κ2) is 4.91. The summed E-state index contributed by atoms with van der Waals surface area (Å²) in [5, 5.41) is 9.35. The van der Waals surface area contributed by atoms with Crippen molar-refractivity contribution < 1.29 is 9.90 Å². The van der Waals surface area contributed by atoms with Gasteiger partial charge in [-0.2, -0.15) is 11.8 Å². The molecule has 1 aliphatic heterocycles.